The average molecular weight is 267 g/mol. The number of unbranched alkanes of at least 4 members (excludes halogenated alkanes) is 3. The molecule has 0 aromatic carbocycles. The van der Waals surface area contributed by atoms with Crippen LogP contribution >= 0.6 is 0 Å². The summed E-state index contributed by atoms with van der Waals surface area (Å²) in [6.45, 7) is 1.66. The van der Waals surface area contributed by atoms with Crippen molar-refractivity contribution in [1.82, 2.24) is 4.72 Å². The Morgan fingerprint density at radius 1 is 1.29 bits per heavy atom. The van der Waals surface area contributed by atoms with Crippen LogP contribution in [0.3, 0.4) is 0 Å². The van der Waals surface area contributed by atoms with E-state index in [-0.39, 0.29) is 18.8 Å². The summed E-state index contributed by atoms with van der Waals surface area (Å²) in [5, 5.41) is 17.4. The quantitative estimate of drug-likeness (QED) is 0.495. The lowest BCUT2D eigenvalue weighted by Crippen LogP contribution is -2.42. The molecule has 0 unspecified atom stereocenters. The third-order valence-electron chi connectivity index (χ3n) is 2.30. The zero-order valence-corrected chi connectivity index (χ0v) is 10.9. The minimum atomic E-state index is -3.57. The van der Waals surface area contributed by atoms with Crippen LogP contribution in [0.2, 0.25) is 0 Å². The topological polar surface area (TPSA) is 104 Å². The molecule has 0 saturated heterocycles. The molecule has 0 aliphatic carbocycles. The van der Waals surface area contributed by atoms with Crippen LogP contribution in [0.25, 0.3) is 0 Å². The van der Waals surface area contributed by atoms with Gasteiger partial charge in [0.2, 0.25) is 10.0 Å². The van der Waals surface area contributed by atoms with Crippen LogP contribution in [0, 0.1) is 0 Å². The number of rotatable bonds is 10. The van der Waals surface area contributed by atoms with E-state index in [0.717, 1.165) is 19.3 Å². The first kappa shape index (κ1) is 16.3. The molecule has 17 heavy (non-hydrogen) atoms. The van der Waals surface area contributed by atoms with Crippen LogP contribution in [0.5, 0.6) is 0 Å². The summed E-state index contributed by atoms with van der Waals surface area (Å²) in [4.78, 5) is 10.7. The molecule has 3 N–H and O–H groups in total. The molecule has 0 rings (SSSR count). The molecule has 0 aliphatic heterocycles. The Morgan fingerprint density at radius 3 is 2.41 bits per heavy atom. The second kappa shape index (κ2) is 8.43. The van der Waals surface area contributed by atoms with E-state index in [2.05, 4.69) is 4.72 Å². The third-order valence-corrected chi connectivity index (χ3v) is 3.77. The maximum absolute atomic E-state index is 11.5. The summed E-state index contributed by atoms with van der Waals surface area (Å²) in [6.07, 6.45) is 3.19. The second-order valence-electron chi connectivity index (χ2n) is 3.90. The van der Waals surface area contributed by atoms with Gasteiger partial charge in [-0.3, -0.25) is 4.79 Å². The highest BCUT2D eigenvalue weighted by Crippen LogP contribution is 2.03. The van der Waals surface area contributed by atoms with Gasteiger partial charge in [0, 0.05) is 6.61 Å². The van der Waals surface area contributed by atoms with Crippen LogP contribution in [-0.2, 0) is 14.8 Å². The van der Waals surface area contributed by atoms with Crippen LogP contribution < -0.4 is 4.72 Å². The predicted octanol–water partition coefficient (Wildman–Crippen LogP) is 0.322. The van der Waals surface area contributed by atoms with Gasteiger partial charge in [-0.15, -0.1) is 0 Å². The Labute approximate surface area is 102 Å². The first-order valence-corrected chi connectivity index (χ1v) is 7.42. The maximum atomic E-state index is 11.5. The van der Waals surface area contributed by atoms with Gasteiger partial charge in [0.1, 0.15) is 6.04 Å². The Bertz CT molecular complexity index is 315. The highest BCUT2D eigenvalue weighted by molar-refractivity contribution is 7.89. The molecule has 0 spiro atoms. The fourth-order valence-electron chi connectivity index (χ4n) is 1.36. The summed E-state index contributed by atoms with van der Waals surface area (Å²) in [5.41, 5.74) is 0. The van der Waals surface area contributed by atoms with E-state index >= 15 is 0 Å². The summed E-state index contributed by atoms with van der Waals surface area (Å²) in [5.74, 6) is -1.33. The van der Waals surface area contributed by atoms with E-state index in [0.29, 0.717) is 6.42 Å². The fourth-order valence-corrected chi connectivity index (χ4v) is 2.71. The SMILES string of the molecule is CCCCCCS(=O)(=O)N[C@@H](CCO)C(=O)O. The van der Waals surface area contributed by atoms with Gasteiger partial charge in [-0.1, -0.05) is 26.2 Å². The van der Waals surface area contributed by atoms with Crippen molar-refractivity contribution in [3.05, 3.63) is 0 Å². The van der Waals surface area contributed by atoms with E-state index in [9.17, 15) is 13.2 Å². The number of aliphatic carboxylic acids is 1. The lowest BCUT2D eigenvalue weighted by molar-refractivity contribution is -0.139. The summed E-state index contributed by atoms with van der Waals surface area (Å²) >= 11 is 0. The van der Waals surface area contributed by atoms with E-state index in [1.807, 2.05) is 6.92 Å². The zero-order chi connectivity index (χ0) is 13.3. The Kier molecular flexibility index (Phi) is 8.11. The van der Waals surface area contributed by atoms with Crippen LogP contribution in [-0.4, -0.2) is 43.0 Å². The summed E-state index contributed by atoms with van der Waals surface area (Å²) in [7, 11) is -3.57. The maximum Gasteiger partial charge on any atom is 0.321 e. The Morgan fingerprint density at radius 2 is 1.94 bits per heavy atom. The van der Waals surface area contributed by atoms with E-state index in [1.165, 1.54) is 0 Å². The van der Waals surface area contributed by atoms with Crippen molar-refractivity contribution >= 4 is 16.0 Å². The second-order valence-corrected chi connectivity index (χ2v) is 5.77. The molecule has 1 atom stereocenters. The molecule has 0 aromatic rings. The molecule has 7 heteroatoms. The van der Waals surface area contributed by atoms with Crippen molar-refractivity contribution in [3.8, 4) is 0 Å². The zero-order valence-electron chi connectivity index (χ0n) is 10.1. The van der Waals surface area contributed by atoms with Gasteiger partial charge in [-0.05, 0) is 12.8 Å². The van der Waals surface area contributed by atoms with Crippen molar-refractivity contribution in [2.75, 3.05) is 12.4 Å². The smallest absolute Gasteiger partial charge is 0.321 e. The van der Waals surface area contributed by atoms with Crippen LogP contribution in [0.15, 0.2) is 0 Å². The molecular formula is C10H21NO5S. The van der Waals surface area contributed by atoms with E-state index in [1.54, 1.807) is 0 Å². The standard InChI is InChI=1S/C10H21NO5S/c1-2-3-4-5-8-17(15,16)11-9(6-7-12)10(13)14/h9,11-12H,2-8H2,1H3,(H,13,14)/t9-/m0/s1. The van der Waals surface area contributed by atoms with Crippen molar-refractivity contribution in [1.29, 1.82) is 0 Å². The summed E-state index contributed by atoms with van der Waals surface area (Å²) < 4.78 is 25.1. The molecule has 0 aromatic heterocycles. The normalized spacial score (nSPS) is 13.5. The summed E-state index contributed by atoms with van der Waals surface area (Å²) in [6, 6.07) is -1.24. The first-order valence-electron chi connectivity index (χ1n) is 5.76. The van der Waals surface area contributed by atoms with Gasteiger partial charge < -0.3 is 10.2 Å². The van der Waals surface area contributed by atoms with Gasteiger partial charge in [0.15, 0.2) is 0 Å². The number of hydrogen-bond acceptors (Lipinski definition) is 4. The number of carbonyl (C=O) groups is 1. The van der Waals surface area contributed by atoms with Gasteiger partial charge in [-0.25, -0.2) is 13.1 Å². The molecule has 0 amide bonds. The molecule has 0 saturated carbocycles. The lowest BCUT2D eigenvalue weighted by atomic mass is 10.2. The lowest BCUT2D eigenvalue weighted by Gasteiger charge is -2.13. The van der Waals surface area contributed by atoms with Gasteiger partial charge in [-0.2, -0.15) is 0 Å². The van der Waals surface area contributed by atoms with Gasteiger partial charge in [0.05, 0.1) is 5.75 Å². The number of aliphatic hydroxyl groups is 1. The molecule has 0 fully saturated rings. The Balaban J connectivity index is 4.16. The Hall–Kier alpha value is -0.660. The molecule has 0 aliphatic rings. The number of carboxylic acid groups (broad SMARTS) is 1. The number of sulfonamides is 1. The highest BCUT2D eigenvalue weighted by atomic mass is 32.2. The fraction of sp³-hybridized carbons (Fsp3) is 0.900. The third kappa shape index (κ3) is 8.12. The van der Waals surface area contributed by atoms with Gasteiger partial charge in [0.25, 0.3) is 0 Å². The highest BCUT2D eigenvalue weighted by Gasteiger charge is 2.22. The average Bonchev–Trinajstić information content (AvgIpc) is 2.23. The monoisotopic (exact) mass is 267 g/mol. The van der Waals surface area contributed by atoms with Crippen molar-refractivity contribution < 1.29 is 23.4 Å². The number of aliphatic hydroxyl groups excluding tert-OH is 1. The minimum absolute atomic E-state index is 0.0673. The van der Waals surface area contributed by atoms with Crippen LogP contribution in [0.4, 0.5) is 0 Å². The number of hydrogen-bond donors (Lipinski definition) is 3. The molecule has 6 nitrogen and oxygen atoms in total. The minimum Gasteiger partial charge on any atom is -0.480 e. The van der Waals surface area contributed by atoms with Crippen molar-refractivity contribution in [3.63, 3.8) is 0 Å². The molecule has 0 bridgehead atoms. The first-order chi connectivity index (χ1) is 7.93. The van der Waals surface area contributed by atoms with Crippen molar-refractivity contribution in [2.45, 2.75) is 45.1 Å². The number of nitrogens with one attached hydrogen (secondary N) is 1. The molecule has 0 radical (unpaired) electrons. The van der Waals surface area contributed by atoms with E-state index < -0.39 is 22.0 Å². The molecule has 102 valence electrons. The van der Waals surface area contributed by atoms with Crippen LogP contribution in [0.1, 0.15) is 39.0 Å². The van der Waals surface area contributed by atoms with Gasteiger partial charge >= 0.3 is 5.97 Å². The predicted molar refractivity (Wildman–Crippen MR) is 64.2 cm³/mol. The van der Waals surface area contributed by atoms with E-state index in [4.69, 9.17) is 10.2 Å². The molecular weight excluding hydrogens is 246 g/mol. The largest absolute Gasteiger partial charge is 0.480 e. The van der Waals surface area contributed by atoms with Crippen molar-refractivity contribution in [2.24, 2.45) is 0 Å². The number of carboxylic acids is 1. The molecule has 0 heterocycles.